The maximum absolute atomic E-state index is 13.0. The molecule has 0 saturated heterocycles. The number of nitrogens with one attached hydrogen (secondary N) is 2. The molecule has 0 bridgehead atoms. The topological polar surface area (TPSA) is 101 Å². The molecular formula is C22H15Br2N3O4. The molecular weight excluding hydrogens is 530 g/mol. The molecule has 31 heavy (non-hydrogen) atoms. The first kappa shape index (κ1) is 22.4. The summed E-state index contributed by atoms with van der Waals surface area (Å²) in [6.07, 6.45) is 1.38. The predicted molar refractivity (Wildman–Crippen MR) is 125 cm³/mol. The molecule has 0 atom stereocenters. The second kappa shape index (κ2) is 10.1. The van der Waals surface area contributed by atoms with Crippen molar-refractivity contribution in [3.8, 4) is 0 Å². The van der Waals surface area contributed by atoms with Crippen LogP contribution in [0.5, 0.6) is 0 Å². The van der Waals surface area contributed by atoms with Crippen LogP contribution in [0.2, 0.25) is 0 Å². The molecule has 0 fully saturated rings. The van der Waals surface area contributed by atoms with Crippen LogP contribution in [0.1, 0.15) is 15.9 Å². The lowest BCUT2D eigenvalue weighted by Gasteiger charge is -2.13. The number of hydrogen-bond donors (Lipinski definition) is 2. The first-order chi connectivity index (χ1) is 14.8. The molecule has 3 rings (SSSR count). The molecule has 3 aromatic carbocycles. The normalized spacial score (nSPS) is 11.0. The molecule has 9 heteroatoms. The zero-order valence-corrected chi connectivity index (χ0v) is 19.0. The lowest BCUT2D eigenvalue weighted by Crippen LogP contribution is -2.31. The number of amides is 2. The molecule has 0 unspecified atom stereocenters. The standard InChI is InChI=1S/C22H15Br2N3O4/c23-17-9-2-1-8-16(17)21(28)26-20(13-14-6-5-7-15(12-14)27(30)31)22(29)25-19-11-4-3-10-18(19)24/h1-13H,(H,25,29)(H,26,28). The smallest absolute Gasteiger partial charge is 0.272 e. The van der Waals surface area contributed by atoms with E-state index in [0.29, 0.717) is 25.8 Å². The molecule has 156 valence electrons. The number of non-ortho nitro benzene ring substituents is 1. The molecule has 0 aliphatic carbocycles. The second-order valence-corrected chi connectivity index (χ2v) is 7.99. The maximum atomic E-state index is 13.0. The van der Waals surface area contributed by atoms with Gasteiger partial charge in [0.15, 0.2) is 0 Å². The molecule has 7 nitrogen and oxygen atoms in total. The van der Waals surface area contributed by atoms with Gasteiger partial charge in [0.25, 0.3) is 17.5 Å². The Morgan fingerprint density at radius 2 is 1.58 bits per heavy atom. The second-order valence-electron chi connectivity index (χ2n) is 6.28. The number of carbonyl (C=O) groups excluding carboxylic acids is 2. The lowest BCUT2D eigenvalue weighted by molar-refractivity contribution is -0.384. The minimum atomic E-state index is -0.584. The van der Waals surface area contributed by atoms with E-state index in [1.165, 1.54) is 24.3 Å². The van der Waals surface area contributed by atoms with Crippen molar-refractivity contribution in [2.45, 2.75) is 0 Å². The van der Waals surface area contributed by atoms with E-state index in [0.717, 1.165) is 0 Å². The van der Waals surface area contributed by atoms with Crippen LogP contribution < -0.4 is 10.6 Å². The maximum Gasteiger partial charge on any atom is 0.272 e. The number of nitrogens with zero attached hydrogens (tertiary/aromatic N) is 1. The molecule has 2 amide bonds. The number of hydrogen-bond acceptors (Lipinski definition) is 4. The van der Waals surface area contributed by atoms with Crippen LogP contribution in [0.15, 0.2) is 87.4 Å². The zero-order valence-electron chi connectivity index (χ0n) is 15.8. The van der Waals surface area contributed by atoms with Gasteiger partial charge in [0.1, 0.15) is 5.70 Å². The molecule has 0 spiro atoms. The van der Waals surface area contributed by atoms with Gasteiger partial charge in [0.2, 0.25) is 0 Å². The van der Waals surface area contributed by atoms with E-state index in [-0.39, 0.29) is 11.4 Å². The summed E-state index contributed by atoms with van der Waals surface area (Å²) in [5, 5.41) is 16.4. The van der Waals surface area contributed by atoms with Gasteiger partial charge in [-0.15, -0.1) is 0 Å². The molecule has 0 radical (unpaired) electrons. The Morgan fingerprint density at radius 3 is 2.26 bits per heavy atom. The van der Waals surface area contributed by atoms with Gasteiger partial charge in [0, 0.05) is 21.1 Å². The number of anilines is 1. The molecule has 3 aromatic rings. The number of halogens is 2. The summed E-state index contributed by atoms with van der Waals surface area (Å²) in [5.41, 5.74) is 1.03. The van der Waals surface area contributed by atoms with Crippen molar-refractivity contribution in [2.24, 2.45) is 0 Å². The highest BCUT2D eigenvalue weighted by molar-refractivity contribution is 9.11. The average Bonchev–Trinajstić information content (AvgIpc) is 2.75. The van der Waals surface area contributed by atoms with Gasteiger partial charge in [-0.1, -0.05) is 36.4 Å². The quantitative estimate of drug-likeness (QED) is 0.242. The van der Waals surface area contributed by atoms with Crippen molar-refractivity contribution in [3.05, 3.63) is 109 Å². The summed E-state index contributed by atoms with van der Waals surface area (Å²) >= 11 is 6.68. The summed E-state index contributed by atoms with van der Waals surface area (Å²) in [7, 11) is 0. The Morgan fingerprint density at radius 1 is 0.903 bits per heavy atom. The Bertz CT molecular complexity index is 1190. The minimum absolute atomic E-state index is 0.0722. The minimum Gasteiger partial charge on any atom is -0.320 e. The number of nitro groups is 1. The third-order valence-electron chi connectivity index (χ3n) is 4.13. The van der Waals surface area contributed by atoms with Gasteiger partial charge in [-0.05, 0) is 67.8 Å². The van der Waals surface area contributed by atoms with E-state index >= 15 is 0 Å². The fourth-order valence-corrected chi connectivity index (χ4v) is 3.49. The first-order valence-corrected chi connectivity index (χ1v) is 10.5. The highest BCUT2D eigenvalue weighted by atomic mass is 79.9. The van der Waals surface area contributed by atoms with Crippen LogP contribution in [-0.4, -0.2) is 16.7 Å². The third kappa shape index (κ3) is 5.87. The van der Waals surface area contributed by atoms with Crippen molar-refractivity contribution in [1.29, 1.82) is 0 Å². The van der Waals surface area contributed by atoms with Gasteiger partial charge in [0.05, 0.1) is 16.2 Å². The molecule has 0 aromatic heterocycles. The first-order valence-electron chi connectivity index (χ1n) is 8.93. The van der Waals surface area contributed by atoms with Crippen molar-refractivity contribution < 1.29 is 14.5 Å². The number of para-hydroxylation sites is 1. The Hall–Kier alpha value is -3.30. The lowest BCUT2D eigenvalue weighted by atomic mass is 10.1. The third-order valence-corrected chi connectivity index (χ3v) is 5.51. The van der Waals surface area contributed by atoms with E-state index in [4.69, 9.17) is 0 Å². The highest BCUT2D eigenvalue weighted by Crippen LogP contribution is 2.23. The number of nitro benzene ring substituents is 1. The summed E-state index contributed by atoms with van der Waals surface area (Å²) in [4.78, 5) is 36.3. The van der Waals surface area contributed by atoms with Crippen molar-refractivity contribution in [1.82, 2.24) is 5.32 Å². The zero-order chi connectivity index (χ0) is 22.4. The molecule has 0 saturated carbocycles. The van der Waals surface area contributed by atoms with Crippen molar-refractivity contribution >= 4 is 61.1 Å². The highest BCUT2D eigenvalue weighted by Gasteiger charge is 2.18. The average molecular weight is 545 g/mol. The van der Waals surface area contributed by atoms with Crippen molar-refractivity contribution in [3.63, 3.8) is 0 Å². The summed E-state index contributed by atoms with van der Waals surface area (Å²) in [6, 6.07) is 19.6. The Balaban J connectivity index is 1.97. The number of benzene rings is 3. The molecule has 0 heterocycles. The van der Waals surface area contributed by atoms with Gasteiger partial charge in [-0.3, -0.25) is 19.7 Å². The predicted octanol–water partition coefficient (Wildman–Crippen LogP) is 5.53. The number of carbonyl (C=O) groups is 2. The molecule has 2 N–H and O–H groups in total. The van der Waals surface area contributed by atoms with E-state index < -0.39 is 16.7 Å². The van der Waals surface area contributed by atoms with E-state index in [1.54, 1.807) is 54.6 Å². The van der Waals surface area contributed by atoms with Gasteiger partial charge < -0.3 is 10.6 Å². The fourth-order valence-electron chi connectivity index (χ4n) is 2.64. The van der Waals surface area contributed by atoms with E-state index in [1.807, 2.05) is 0 Å². The van der Waals surface area contributed by atoms with E-state index in [2.05, 4.69) is 42.5 Å². The van der Waals surface area contributed by atoms with Crippen LogP contribution in [0.4, 0.5) is 11.4 Å². The summed E-state index contributed by atoms with van der Waals surface area (Å²) in [5.74, 6) is -1.09. The Kier molecular flexibility index (Phi) is 7.32. The van der Waals surface area contributed by atoms with Crippen LogP contribution in [0, 0.1) is 10.1 Å². The van der Waals surface area contributed by atoms with E-state index in [9.17, 15) is 19.7 Å². The monoisotopic (exact) mass is 543 g/mol. The van der Waals surface area contributed by atoms with Crippen molar-refractivity contribution in [2.75, 3.05) is 5.32 Å². The fraction of sp³-hybridized carbons (Fsp3) is 0. The number of rotatable bonds is 6. The SMILES string of the molecule is O=C(Nc1ccccc1Br)C(=Cc1cccc([N+](=O)[O-])c1)NC(=O)c1ccccc1Br. The van der Waals surface area contributed by atoms with Crippen LogP contribution in [0.25, 0.3) is 6.08 Å². The van der Waals surface area contributed by atoms with Crippen LogP contribution in [0.3, 0.4) is 0 Å². The van der Waals surface area contributed by atoms with Crippen LogP contribution in [-0.2, 0) is 4.79 Å². The molecule has 0 aliphatic heterocycles. The van der Waals surface area contributed by atoms with Gasteiger partial charge >= 0.3 is 0 Å². The van der Waals surface area contributed by atoms with Gasteiger partial charge in [-0.2, -0.15) is 0 Å². The summed E-state index contributed by atoms with van der Waals surface area (Å²) in [6.45, 7) is 0. The summed E-state index contributed by atoms with van der Waals surface area (Å²) < 4.78 is 1.23. The van der Waals surface area contributed by atoms with Crippen LogP contribution >= 0.6 is 31.9 Å². The largest absolute Gasteiger partial charge is 0.320 e. The molecule has 0 aliphatic rings. The van der Waals surface area contributed by atoms with Gasteiger partial charge in [-0.25, -0.2) is 0 Å². The Labute approximate surface area is 194 Å².